The van der Waals surface area contributed by atoms with Gasteiger partial charge in [0.25, 0.3) is 5.91 Å². The molecule has 5 nitrogen and oxygen atoms in total. The van der Waals surface area contributed by atoms with Crippen molar-refractivity contribution < 1.29 is 9.53 Å². The average Bonchev–Trinajstić information content (AvgIpc) is 2.66. The number of aromatic nitrogens is 2. The van der Waals surface area contributed by atoms with Crippen LogP contribution in [0.4, 0.5) is 0 Å². The molecule has 0 saturated heterocycles. The van der Waals surface area contributed by atoms with E-state index in [4.69, 9.17) is 4.74 Å². The predicted molar refractivity (Wildman–Crippen MR) is 95.2 cm³/mol. The van der Waals surface area contributed by atoms with Gasteiger partial charge in [-0.1, -0.05) is 18.2 Å². The molecule has 1 aliphatic rings. The molecule has 1 unspecified atom stereocenters. The molecule has 1 aromatic carbocycles. The lowest BCUT2D eigenvalue weighted by atomic mass is 10.0. The maximum absolute atomic E-state index is 12.7. The van der Waals surface area contributed by atoms with Crippen molar-refractivity contribution in [2.45, 2.75) is 26.0 Å². The molecule has 0 bridgehead atoms. The van der Waals surface area contributed by atoms with Crippen molar-refractivity contribution in [2.24, 2.45) is 0 Å². The molecule has 3 aromatic rings. The quantitative estimate of drug-likeness (QED) is 0.739. The number of carbonyl (C=O) groups excluding carboxylic acids is 1. The molecular weight excluding hydrogens is 314 g/mol. The second-order valence-corrected chi connectivity index (χ2v) is 6.23. The van der Waals surface area contributed by atoms with E-state index in [-0.39, 0.29) is 5.91 Å². The van der Waals surface area contributed by atoms with Crippen molar-refractivity contribution >= 4 is 16.9 Å². The number of benzene rings is 1. The number of pyridine rings is 2. The van der Waals surface area contributed by atoms with Crippen LogP contribution in [0.15, 0.2) is 54.7 Å². The molecule has 2 aromatic heterocycles. The fourth-order valence-corrected chi connectivity index (χ4v) is 3.16. The largest absolute Gasteiger partial charge is 0.481 e. The van der Waals surface area contributed by atoms with Crippen molar-refractivity contribution in [1.29, 1.82) is 0 Å². The Balaban J connectivity index is 1.51. The molecule has 25 heavy (non-hydrogen) atoms. The topological polar surface area (TPSA) is 55.3 Å². The Morgan fingerprint density at radius 2 is 2.04 bits per heavy atom. The molecule has 4 rings (SSSR count). The molecule has 0 saturated carbocycles. The molecule has 0 N–H and O–H groups in total. The smallest absolute Gasteiger partial charge is 0.263 e. The highest BCUT2D eigenvalue weighted by molar-refractivity contribution is 5.81. The van der Waals surface area contributed by atoms with Gasteiger partial charge in [0.1, 0.15) is 5.75 Å². The van der Waals surface area contributed by atoms with Gasteiger partial charge < -0.3 is 9.64 Å². The lowest BCUT2D eigenvalue weighted by Gasteiger charge is -2.30. The molecule has 0 radical (unpaired) electrons. The SMILES string of the molecule is CC(Oc1ccccc1)C(=O)N1CCc2nc3ncccc3cc2C1. The maximum Gasteiger partial charge on any atom is 0.263 e. The van der Waals surface area contributed by atoms with E-state index in [0.717, 1.165) is 28.7 Å². The Morgan fingerprint density at radius 1 is 1.20 bits per heavy atom. The van der Waals surface area contributed by atoms with E-state index in [0.29, 0.717) is 18.8 Å². The first-order valence-corrected chi connectivity index (χ1v) is 8.45. The second-order valence-electron chi connectivity index (χ2n) is 6.23. The third-order valence-electron chi connectivity index (χ3n) is 4.45. The van der Waals surface area contributed by atoms with Gasteiger partial charge in [0.05, 0.1) is 0 Å². The van der Waals surface area contributed by atoms with Crippen LogP contribution in [0, 0.1) is 0 Å². The summed E-state index contributed by atoms with van der Waals surface area (Å²) in [6.45, 7) is 3.02. The fraction of sp³-hybridized carbons (Fsp3) is 0.250. The zero-order valence-electron chi connectivity index (χ0n) is 14.1. The van der Waals surface area contributed by atoms with Gasteiger partial charge in [-0.2, -0.15) is 0 Å². The van der Waals surface area contributed by atoms with E-state index in [1.807, 2.05) is 47.4 Å². The summed E-state index contributed by atoms with van der Waals surface area (Å²) < 4.78 is 5.77. The van der Waals surface area contributed by atoms with Crippen LogP contribution in [0.1, 0.15) is 18.2 Å². The van der Waals surface area contributed by atoms with Crippen molar-refractivity contribution in [3.05, 3.63) is 66.0 Å². The summed E-state index contributed by atoms with van der Waals surface area (Å²) in [5.74, 6) is 0.709. The monoisotopic (exact) mass is 333 g/mol. The Labute approximate surface area is 146 Å². The lowest BCUT2D eigenvalue weighted by Crippen LogP contribution is -2.43. The first-order chi connectivity index (χ1) is 12.2. The zero-order valence-corrected chi connectivity index (χ0v) is 14.1. The van der Waals surface area contributed by atoms with Gasteiger partial charge in [-0.25, -0.2) is 9.97 Å². The molecule has 0 fully saturated rings. The first kappa shape index (κ1) is 15.6. The summed E-state index contributed by atoms with van der Waals surface area (Å²) in [7, 11) is 0. The van der Waals surface area contributed by atoms with Gasteiger partial charge in [0.15, 0.2) is 11.8 Å². The molecule has 0 spiro atoms. The Hall–Kier alpha value is -2.95. The zero-order chi connectivity index (χ0) is 17.2. The van der Waals surface area contributed by atoms with E-state index in [1.165, 1.54) is 0 Å². The standard InChI is InChI=1S/C20H19N3O2/c1-14(25-17-7-3-2-4-8-17)20(24)23-11-9-18-16(13-23)12-15-6-5-10-21-19(15)22-18/h2-8,10,12,14H,9,11,13H2,1H3. The number of hydrogen-bond acceptors (Lipinski definition) is 4. The van der Waals surface area contributed by atoms with Crippen molar-refractivity contribution in [3.8, 4) is 5.75 Å². The number of carbonyl (C=O) groups is 1. The molecule has 1 amide bonds. The molecule has 3 heterocycles. The summed E-state index contributed by atoms with van der Waals surface area (Å²) in [5, 5.41) is 1.00. The van der Waals surface area contributed by atoms with Gasteiger partial charge in [0, 0.05) is 36.8 Å². The predicted octanol–water partition coefficient (Wildman–Crippen LogP) is 2.98. The van der Waals surface area contributed by atoms with Crippen LogP contribution in [0.2, 0.25) is 0 Å². The molecule has 126 valence electrons. The summed E-state index contributed by atoms with van der Waals surface area (Å²) in [4.78, 5) is 23.5. The van der Waals surface area contributed by atoms with Crippen LogP contribution in [-0.2, 0) is 17.8 Å². The minimum Gasteiger partial charge on any atom is -0.481 e. The summed E-state index contributed by atoms with van der Waals surface area (Å²) in [5.41, 5.74) is 2.89. The third-order valence-corrected chi connectivity index (χ3v) is 4.45. The van der Waals surface area contributed by atoms with Crippen molar-refractivity contribution in [3.63, 3.8) is 0 Å². The van der Waals surface area contributed by atoms with Crippen LogP contribution in [0.3, 0.4) is 0 Å². The van der Waals surface area contributed by atoms with Crippen LogP contribution in [0.25, 0.3) is 11.0 Å². The van der Waals surface area contributed by atoms with E-state index >= 15 is 0 Å². The van der Waals surface area contributed by atoms with E-state index in [9.17, 15) is 4.79 Å². The van der Waals surface area contributed by atoms with E-state index in [1.54, 1.807) is 13.1 Å². The van der Waals surface area contributed by atoms with Crippen LogP contribution >= 0.6 is 0 Å². The van der Waals surface area contributed by atoms with Crippen LogP contribution < -0.4 is 4.74 Å². The highest BCUT2D eigenvalue weighted by Crippen LogP contribution is 2.22. The Morgan fingerprint density at radius 3 is 2.88 bits per heavy atom. The fourth-order valence-electron chi connectivity index (χ4n) is 3.16. The van der Waals surface area contributed by atoms with E-state index < -0.39 is 6.10 Å². The van der Waals surface area contributed by atoms with Gasteiger partial charge in [0.2, 0.25) is 0 Å². The number of nitrogens with zero attached hydrogens (tertiary/aromatic N) is 3. The number of hydrogen-bond donors (Lipinski definition) is 0. The molecule has 1 aliphatic heterocycles. The van der Waals surface area contributed by atoms with Crippen LogP contribution in [0.5, 0.6) is 5.75 Å². The lowest BCUT2D eigenvalue weighted by molar-refractivity contribution is -0.138. The second kappa shape index (κ2) is 6.51. The maximum atomic E-state index is 12.7. The van der Waals surface area contributed by atoms with Gasteiger partial charge in [-0.3, -0.25) is 4.79 Å². The number of rotatable bonds is 3. The number of ether oxygens (including phenoxy) is 1. The summed E-state index contributed by atoms with van der Waals surface area (Å²) in [6.07, 6.45) is 1.98. The molecule has 0 aliphatic carbocycles. The van der Waals surface area contributed by atoms with Crippen molar-refractivity contribution in [2.75, 3.05) is 6.54 Å². The molecule has 1 atom stereocenters. The van der Waals surface area contributed by atoms with Gasteiger partial charge >= 0.3 is 0 Å². The first-order valence-electron chi connectivity index (χ1n) is 8.45. The number of amides is 1. The summed E-state index contributed by atoms with van der Waals surface area (Å²) >= 11 is 0. The highest BCUT2D eigenvalue weighted by atomic mass is 16.5. The van der Waals surface area contributed by atoms with Gasteiger partial charge in [-0.05, 0) is 42.8 Å². The molecule has 5 heteroatoms. The molecular formula is C20H19N3O2. The van der Waals surface area contributed by atoms with Gasteiger partial charge in [-0.15, -0.1) is 0 Å². The third kappa shape index (κ3) is 3.18. The average molecular weight is 333 g/mol. The van der Waals surface area contributed by atoms with Crippen molar-refractivity contribution in [1.82, 2.24) is 14.9 Å². The minimum atomic E-state index is -0.515. The number of fused-ring (bicyclic) bond motifs is 2. The van der Waals surface area contributed by atoms with E-state index in [2.05, 4.69) is 16.0 Å². The van der Waals surface area contributed by atoms with Crippen LogP contribution in [-0.4, -0.2) is 33.4 Å². The number of para-hydroxylation sites is 1. The Bertz CT molecular complexity index is 911. The highest BCUT2D eigenvalue weighted by Gasteiger charge is 2.26. The summed E-state index contributed by atoms with van der Waals surface area (Å²) in [6, 6.07) is 15.4. The Kier molecular flexibility index (Phi) is 4.06. The normalized spacial score (nSPS) is 14.8. The minimum absolute atomic E-state index is 0.000728.